The average molecular weight is 310 g/mol. The van der Waals surface area contributed by atoms with E-state index < -0.39 is 0 Å². The zero-order valence-electron chi connectivity index (χ0n) is 11.9. The number of hydrogen-bond acceptors (Lipinski definition) is 5. The zero-order chi connectivity index (χ0) is 15.4. The molecule has 0 aliphatic heterocycles. The second kappa shape index (κ2) is 6.36. The van der Waals surface area contributed by atoms with Crippen LogP contribution in [0.1, 0.15) is 16.1 Å². The molecule has 0 saturated heterocycles. The molecule has 0 aliphatic carbocycles. The van der Waals surface area contributed by atoms with Crippen molar-refractivity contribution in [2.45, 2.75) is 6.92 Å². The van der Waals surface area contributed by atoms with Crippen molar-refractivity contribution in [3.8, 4) is 0 Å². The Morgan fingerprint density at radius 3 is 2.82 bits per heavy atom. The predicted octanol–water partition coefficient (Wildman–Crippen LogP) is 3.84. The number of carbonyl (C=O) groups excluding carboxylic acids is 1. The van der Waals surface area contributed by atoms with E-state index >= 15 is 0 Å². The fraction of sp³-hybridized carbons (Fsp3) is 0.0625. The Balaban J connectivity index is 1.78. The van der Waals surface area contributed by atoms with Gasteiger partial charge in [-0.15, -0.1) is 11.3 Å². The number of hydrogen-bond donors (Lipinski definition) is 2. The van der Waals surface area contributed by atoms with E-state index in [1.807, 2.05) is 43.3 Å². The van der Waals surface area contributed by atoms with Gasteiger partial charge in [-0.2, -0.15) is 0 Å². The number of rotatable bonds is 4. The lowest BCUT2D eigenvalue weighted by molar-refractivity contribution is 0.102. The molecular formula is C16H14N4OS. The lowest BCUT2D eigenvalue weighted by atomic mass is 10.2. The Labute approximate surface area is 132 Å². The second-order valence-electron chi connectivity index (χ2n) is 4.72. The van der Waals surface area contributed by atoms with Crippen molar-refractivity contribution in [3.63, 3.8) is 0 Å². The monoisotopic (exact) mass is 310 g/mol. The van der Waals surface area contributed by atoms with Gasteiger partial charge in [-0.1, -0.05) is 12.1 Å². The molecule has 0 fully saturated rings. The van der Waals surface area contributed by atoms with Gasteiger partial charge in [-0.05, 0) is 36.8 Å². The summed E-state index contributed by atoms with van der Waals surface area (Å²) in [5, 5.41) is 6.72. The summed E-state index contributed by atoms with van der Waals surface area (Å²) in [6.45, 7) is 1.98. The van der Waals surface area contributed by atoms with Crippen LogP contribution in [-0.4, -0.2) is 15.9 Å². The molecule has 0 atom stereocenters. The van der Waals surface area contributed by atoms with Crippen LogP contribution in [0.5, 0.6) is 0 Å². The minimum atomic E-state index is -0.238. The highest BCUT2D eigenvalue weighted by atomic mass is 32.1. The van der Waals surface area contributed by atoms with Crippen LogP contribution < -0.4 is 10.6 Å². The molecule has 0 radical (unpaired) electrons. The molecule has 1 aromatic carbocycles. The zero-order valence-corrected chi connectivity index (χ0v) is 12.7. The Morgan fingerprint density at radius 1 is 1.18 bits per heavy atom. The fourth-order valence-electron chi connectivity index (χ4n) is 1.98. The van der Waals surface area contributed by atoms with Gasteiger partial charge in [0.2, 0.25) is 0 Å². The normalized spacial score (nSPS) is 10.2. The SMILES string of the molecule is Cc1cccc(NC(=O)c2ncsc2Nc2cccnc2)c1. The van der Waals surface area contributed by atoms with E-state index in [1.54, 1.807) is 17.9 Å². The number of aryl methyl sites for hydroxylation is 1. The molecule has 110 valence electrons. The molecule has 3 rings (SSSR count). The molecule has 0 aliphatic rings. The van der Waals surface area contributed by atoms with Crippen LogP contribution in [-0.2, 0) is 0 Å². The highest BCUT2D eigenvalue weighted by Crippen LogP contribution is 2.25. The molecule has 3 aromatic rings. The van der Waals surface area contributed by atoms with Crippen LogP contribution in [0.4, 0.5) is 16.4 Å². The number of aromatic nitrogens is 2. The molecule has 0 unspecified atom stereocenters. The van der Waals surface area contributed by atoms with Crippen LogP contribution in [0.2, 0.25) is 0 Å². The molecular weight excluding hydrogens is 296 g/mol. The van der Waals surface area contributed by atoms with Crippen molar-refractivity contribution in [1.82, 2.24) is 9.97 Å². The highest BCUT2D eigenvalue weighted by molar-refractivity contribution is 7.14. The van der Waals surface area contributed by atoms with Crippen LogP contribution >= 0.6 is 11.3 Å². The molecule has 2 aromatic heterocycles. The van der Waals surface area contributed by atoms with Crippen molar-refractivity contribution in [2.75, 3.05) is 10.6 Å². The molecule has 0 saturated carbocycles. The standard InChI is InChI=1S/C16H14N4OS/c1-11-4-2-5-12(8-11)19-15(21)14-16(22-10-18-14)20-13-6-3-7-17-9-13/h2-10,20H,1H3,(H,19,21). The van der Waals surface area contributed by atoms with E-state index in [0.29, 0.717) is 10.7 Å². The average Bonchev–Trinajstić information content (AvgIpc) is 2.96. The molecule has 5 nitrogen and oxygen atoms in total. The molecule has 22 heavy (non-hydrogen) atoms. The Kier molecular flexibility index (Phi) is 4.11. The van der Waals surface area contributed by atoms with E-state index in [-0.39, 0.29) is 5.91 Å². The summed E-state index contributed by atoms with van der Waals surface area (Å²) in [6.07, 6.45) is 3.39. The van der Waals surface area contributed by atoms with Gasteiger partial charge in [0, 0.05) is 11.9 Å². The first-order valence-corrected chi connectivity index (χ1v) is 7.59. The molecule has 1 amide bonds. The molecule has 2 heterocycles. The summed E-state index contributed by atoms with van der Waals surface area (Å²) in [4.78, 5) is 20.6. The minimum Gasteiger partial charge on any atom is -0.344 e. The number of thiazole rings is 1. The molecule has 2 N–H and O–H groups in total. The van der Waals surface area contributed by atoms with E-state index in [0.717, 1.165) is 16.9 Å². The van der Waals surface area contributed by atoms with E-state index in [4.69, 9.17) is 0 Å². The van der Waals surface area contributed by atoms with Crippen LogP contribution in [0.3, 0.4) is 0 Å². The number of nitrogens with one attached hydrogen (secondary N) is 2. The lowest BCUT2D eigenvalue weighted by Gasteiger charge is -2.07. The van der Waals surface area contributed by atoms with Crippen molar-refractivity contribution < 1.29 is 4.79 Å². The maximum atomic E-state index is 12.4. The third-order valence-electron chi connectivity index (χ3n) is 2.98. The Bertz CT molecular complexity index is 786. The van der Waals surface area contributed by atoms with E-state index in [2.05, 4.69) is 20.6 Å². The first kappa shape index (κ1) is 14.2. The molecule has 0 bridgehead atoms. The summed E-state index contributed by atoms with van der Waals surface area (Å²) in [5.74, 6) is -0.238. The summed E-state index contributed by atoms with van der Waals surface area (Å²) in [5.41, 5.74) is 4.67. The molecule has 6 heteroatoms. The number of nitrogens with zero attached hydrogens (tertiary/aromatic N) is 2. The van der Waals surface area contributed by atoms with E-state index in [9.17, 15) is 4.79 Å². The van der Waals surface area contributed by atoms with Crippen LogP contribution in [0, 0.1) is 6.92 Å². The summed E-state index contributed by atoms with van der Waals surface area (Å²) in [6, 6.07) is 11.4. The fourth-order valence-corrected chi connectivity index (χ4v) is 2.67. The van der Waals surface area contributed by atoms with Crippen LogP contribution in [0.25, 0.3) is 0 Å². The number of anilines is 3. The highest BCUT2D eigenvalue weighted by Gasteiger charge is 2.15. The number of benzene rings is 1. The third-order valence-corrected chi connectivity index (χ3v) is 3.72. The van der Waals surface area contributed by atoms with Gasteiger partial charge >= 0.3 is 0 Å². The summed E-state index contributed by atoms with van der Waals surface area (Å²) >= 11 is 1.38. The lowest BCUT2D eigenvalue weighted by Crippen LogP contribution is -2.13. The van der Waals surface area contributed by atoms with Crippen molar-refractivity contribution >= 4 is 33.6 Å². The predicted molar refractivity (Wildman–Crippen MR) is 88.8 cm³/mol. The van der Waals surface area contributed by atoms with Gasteiger partial charge < -0.3 is 10.6 Å². The summed E-state index contributed by atoms with van der Waals surface area (Å²) in [7, 11) is 0. The van der Waals surface area contributed by atoms with Crippen molar-refractivity contribution in [3.05, 3.63) is 65.6 Å². The largest absolute Gasteiger partial charge is 0.344 e. The maximum absolute atomic E-state index is 12.4. The van der Waals surface area contributed by atoms with Gasteiger partial charge in [-0.3, -0.25) is 9.78 Å². The first-order valence-electron chi connectivity index (χ1n) is 6.71. The molecule has 0 spiro atoms. The second-order valence-corrected chi connectivity index (χ2v) is 5.58. The van der Waals surface area contributed by atoms with Gasteiger partial charge in [-0.25, -0.2) is 4.98 Å². The smallest absolute Gasteiger partial charge is 0.277 e. The minimum absolute atomic E-state index is 0.238. The van der Waals surface area contributed by atoms with Crippen molar-refractivity contribution in [2.24, 2.45) is 0 Å². The first-order chi connectivity index (χ1) is 10.7. The van der Waals surface area contributed by atoms with Gasteiger partial charge in [0.15, 0.2) is 5.69 Å². The quantitative estimate of drug-likeness (QED) is 0.768. The van der Waals surface area contributed by atoms with E-state index in [1.165, 1.54) is 11.3 Å². The number of amides is 1. The third kappa shape index (κ3) is 3.29. The number of carbonyl (C=O) groups is 1. The van der Waals surface area contributed by atoms with Gasteiger partial charge in [0.25, 0.3) is 5.91 Å². The van der Waals surface area contributed by atoms with Gasteiger partial charge in [0.05, 0.1) is 17.4 Å². The Morgan fingerprint density at radius 2 is 2.05 bits per heavy atom. The summed E-state index contributed by atoms with van der Waals surface area (Å²) < 4.78 is 0. The maximum Gasteiger partial charge on any atom is 0.277 e. The van der Waals surface area contributed by atoms with Gasteiger partial charge in [0.1, 0.15) is 5.00 Å². The van der Waals surface area contributed by atoms with Crippen molar-refractivity contribution in [1.29, 1.82) is 0 Å². The topological polar surface area (TPSA) is 66.9 Å². The number of pyridine rings is 1. The van der Waals surface area contributed by atoms with Crippen LogP contribution in [0.15, 0.2) is 54.3 Å². The Hall–Kier alpha value is -2.73.